The molecule has 0 aliphatic heterocycles. The van der Waals surface area contributed by atoms with Gasteiger partial charge in [-0.2, -0.15) is 0 Å². The van der Waals surface area contributed by atoms with Crippen LogP contribution in [0.3, 0.4) is 0 Å². The molecule has 0 aromatic heterocycles. The van der Waals surface area contributed by atoms with Crippen molar-refractivity contribution in [1.82, 2.24) is 0 Å². The molecule has 0 radical (unpaired) electrons. The fraction of sp³-hybridized carbons (Fsp3) is 0.583. The average molecular weight is 385 g/mol. The van der Waals surface area contributed by atoms with Gasteiger partial charge < -0.3 is 9.47 Å². The molecule has 1 fully saturated rings. The normalized spacial score (nSPS) is 24.9. The summed E-state index contributed by atoms with van der Waals surface area (Å²) < 4.78 is 10.9. The molecule has 0 N–H and O–H groups in total. The number of rotatable bonds is 6. The monoisotopic (exact) mass is 384 g/mol. The Morgan fingerprint density at radius 3 is 2.04 bits per heavy atom. The molecule has 0 bridgehead atoms. The van der Waals surface area contributed by atoms with Gasteiger partial charge in [0.05, 0.1) is 17.7 Å². The molecule has 1 aromatic carbocycles. The summed E-state index contributed by atoms with van der Waals surface area (Å²) in [6.07, 6.45) is 10.1. The second-order valence-corrected chi connectivity index (χ2v) is 8.62. The maximum Gasteiger partial charge on any atom is 0.338 e. The van der Waals surface area contributed by atoms with E-state index in [0.717, 1.165) is 38.0 Å². The number of esters is 2. The smallest absolute Gasteiger partial charge is 0.338 e. The molecule has 0 heterocycles. The Balaban J connectivity index is 1.44. The van der Waals surface area contributed by atoms with Crippen LogP contribution in [-0.4, -0.2) is 25.2 Å². The van der Waals surface area contributed by atoms with Crippen molar-refractivity contribution in [2.45, 2.75) is 58.8 Å². The van der Waals surface area contributed by atoms with Crippen LogP contribution in [0.5, 0.6) is 0 Å². The van der Waals surface area contributed by atoms with E-state index in [1.807, 2.05) is 0 Å². The van der Waals surface area contributed by atoms with Crippen LogP contribution in [0.1, 0.15) is 79.5 Å². The molecule has 0 spiro atoms. The van der Waals surface area contributed by atoms with Gasteiger partial charge in [0.2, 0.25) is 0 Å². The number of benzene rings is 1. The fourth-order valence-electron chi connectivity index (χ4n) is 3.91. The van der Waals surface area contributed by atoms with Gasteiger partial charge in [-0.15, -0.1) is 0 Å². The van der Waals surface area contributed by atoms with E-state index >= 15 is 0 Å². The lowest BCUT2D eigenvalue weighted by atomic mass is 9.83. The summed E-state index contributed by atoms with van der Waals surface area (Å²) in [4.78, 5) is 24.5. The highest BCUT2D eigenvalue weighted by Gasteiger charge is 2.20. The van der Waals surface area contributed by atoms with Crippen LogP contribution in [0.25, 0.3) is 0 Å². The van der Waals surface area contributed by atoms with Crippen molar-refractivity contribution in [1.29, 1.82) is 0 Å². The minimum absolute atomic E-state index is 0.319. The zero-order valence-electron chi connectivity index (χ0n) is 17.1. The molecule has 0 saturated heterocycles. The topological polar surface area (TPSA) is 52.6 Å². The van der Waals surface area contributed by atoms with Crippen molar-refractivity contribution in [3.8, 4) is 0 Å². The maximum atomic E-state index is 12.2. The summed E-state index contributed by atoms with van der Waals surface area (Å²) in [7, 11) is 0. The molecule has 3 rings (SSSR count). The molecular weight excluding hydrogens is 352 g/mol. The zero-order chi connectivity index (χ0) is 19.9. The second kappa shape index (κ2) is 9.90. The molecule has 1 saturated carbocycles. The van der Waals surface area contributed by atoms with Gasteiger partial charge in [-0.25, -0.2) is 9.59 Å². The highest BCUT2D eigenvalue weighted by Crippen LogP contribution is 2.28. The Hall–Kier alpha value is -2.10. The third kappa shape index (κ3) is 5.95. The summed E-state index contributed by atoms with van der Waals surface area (Å²) in [5, 5.41) is 0. The van der Waals surface area contributed by atoms with Crippen molar-refractivity contribution < 1.29 is 19.1 Å². The Labute approximate surface area is 168 Å². The summed E-state index contributed by atoms with van der Waals surface area (Å²) >= 11 is 0. The molecular formula is C24H32O4. The molecule has 4 nitrogen and oxygen atoms in total. The lowest BCUT2D eigenvalue weighted by Gasteiger charge is -2.25. The van der Waals surface area contributed by atoms with Crippen LogP contribution >= 0.6 is 0 Å². The lowest BCUT2D eigenvalue weighted by molar-refractivity contribution is 0.0396. The summed E-state index contributed by atoms with van der Waals surface area (Å²) in [5.74, 6) is 1.31. The molecule has 2 aliphatic rings. The number of allylic oxidation sites excluding steroid dienone is 1. The van der Waals surface area contributed by atoms with E-state index in [4.69, 9.17) is 9.47 Å². The van der Waals surface area contributed by atoms with E-state index < -0.39 is 0 Å². The highest BCUT2D eigenvalue weighted by molar-refractivity contribution is 5.93. The van der Waals surface area contributed by atoms with Gasteiger partial charge in [-0.3, -0.25) is 0 Å². The van der Waals surface area contributed by atoms with E-state index in [1.165, 1.54) is 18.4 Å². The second-order valence-electron chi connectivity index (χ2n) is 8.62. The van der Waals surface area contributed by atoms with Crippen LogP contribution in [0.4, 0.5) is 0 Å². The Kier molecular flexibility index (Phi) is 7.30. The van der Waals surface area contributed by atoms with Crippen molar-refractivity contribution in [2.75, 3.05) is 13.2 Å². The van der Waals surface area contributed by atoms with Crippen LogP contribution in [-0.2, 0) is 9.47 Å². The number of ether oxygens (including phenoxy) is 2. The van der Waals surface area contributed by atoms with Crippen molar-refractivity contribution >= 4 is 11.9 Å². The Bertz CT molecular complexity index is 696. The minimum Gasteiger partial charge on any atom is -0.462 e. The van der Waals surface area contributed by atoms with Crippen LogP contribution < -0.4 is 0 Å². The predicted molar refractivity (Wildman–Crippen MR) is 109 cm³/mol. The van der Waals surface area contributed by atoms with Gasteiger partial charge in [-0.1, -0.05) is 32.8 Å². The van der Waals surface area contributed by atoms with Crippen LogP contribution in [0.2, 0.25) is 0 Å². The number of hydrogen-bond donors (Lipinski definition) is 0. The fourth-order valence-corrected chi connectivity index (χ4v) is 3.91. The minimum atomic E-state index is -0.351. The number of hydrogen-bond acceptors (Lipinski definition) is 4. The molecule has 1 unspecified atom stereocenters. The SMILES string of the molecule is CC1CC=C(COC(=O)c2ccc(C(=O)OCC3CCC(C)CC3)cc2)CC1. The first-order valence-electron chi connectivity index (χ1n) is 10.6. The standard InChI is InChI=1S/C24H32O4/c1-17-3-7-19(8-4-17)15-27-23(25)21-11-13-22(14-12-21)24(26)28-16-20-9-5-18(2)6-10-20/h7,11-14,17-18,20H,3-6,8-10,15-16H2,1-2H3. The first-order valence-corrected chi connectivity index (χ1v) is 10.6. The lowest BCUT2D eigenvalue weighted by Crippen LogP contribution is -2.19. The van der Waals surface area contributed by atoms with Crippen molar-refractivity contribution in [3.05, 3.63) is 47.0 Å². The van der Waals surface area contributed by atoms with E-state index in [9.17, 15) is 9.59 Å². The third-order valence-electron chi connectivity index (χ3n) is 6.10. The van der Waals surface area contributed by atoms with E-state index in [1.54, 1.807) is 24.3 Å². The molecule has 1 atom stereocenters. The van der Waals surface area contributed by atoms with Gasteiger partial charge in [0.15, 0.2) is 0 Å². The first-order chi connectivity index (χ1) is 13.5. The maximum absolute atomic E-state index is 12.2. The summed E-state index contributed by atoms with van der Waals surface area (Å²) in [6.45, 7) is 5.36. The summed E-state index contributed by atoms with van der Waals surface area (Å²) in [5.41, 5.74) is 2.14. The van der Waals surface area contributed by atoms with E-state index in [-0.39, 0.29) is 11.9 Å². The molecule has 4 heteroatoms. The van der Waals surface area contributed by atoms with Gasteiger partial charge in [0.1, 0.15) is 6.61 Å². The molecule has 152 valence electrons. The predicted octanol–water partition coefficient (Wildman–Crippen LogP) is 5.57. The van der Waals surface area contributed by atoms with Gasteiger partial charge in [-0.05, 0) is 79.7 Å². The first kappa shape index (κ1) is 20.6. The third-order valence-corrected chi connectivity index (χ3v) is 6.10. The van der Waals surface area contributed by atoms with Crippen LogP contribution in [0, 0.1) is 17.8 Å². The number of carbonyl (C=O) groups excluding carboxylic acids is 2. The van der Waals surface area contributed by atoms with Crippen molar-refractivity contribution in [3.63, 3.8) is 0 Å². The van der Waals surface area contributed by atoms with Crippen molar-refractivity contribution in [2.24, 2.45) is 17.8 Å². The van der Waals surface area contributed by atoms with Gasteiger partial charge in [0, 0.05) is 0 Å². The Morgan fingerprint density at radius 2 is 1.46 bits per heavy atom. The Morgan fingerprint density at radius 1 is 0.857 bits per heavy atom. The zero-order valence-corrected chi connectivity index (χ0v) is 17.1. The van der Waals surface area contributed by atoms with Gasteiger partial charge >= 0.3 is 11.9 Å². The molecule has 1 aromatic rings. The molecule has 2 aliphatic carbocycles. The molecule has 28 heavy (non-hydrogen) atoms. The van der Waals surface area contributed by atoms with E-state index in [0.29, 0.717) is 36.2 Å². The highest BCUT2D eigenvalue weighted by atomic mass is 16.5. The van der Waals surface area contributed by atoms with Crippen LogP contribution in [0.15, 0.2) is 35.9 Å². The molecule has 0 amide bonds. The average Bonchev–Trinajstić information content (AvgIpc) is 2.72. The summed E-state index contributed by atoms with van der Waals surface area (Å²) in [6, 6.07) is 6.56. The largest absolute Gasteiger partial charge is 0.462 e. The number of carbonyl (C=O) groups is 2. The van der Waals surface area contributed by atoms with E-state index in [2.05, 4.69) is 19.9 Å². The quantitative estimate of drug-likeness (QED) is 0.475. The van der Waals surface area contributed by atoms with Gasteiger partial charge in [0.25, 0.3) is 0 Å².